The second kappa shape index (κ2) is 7.81. The van der Waals surface area contributed by atoms with E-state index in [9.17, 15) is 4.79 Å². The van der Waals surface area contributed by atoms with Crippen LogP contribution in [0.3, 0.4) is 0 Å². The van der Waals surface area contributed by atoms with Crippen LogP contribution >= 0.6 is 0 Å². The Kier molecular flexibility index (Phi) is 5.78. The Labute approximate surface area is 136 Å². The average Bonchev–Trinajstić information content (AvgIpc) is 3.25. The van der Waals surface area contributed by atoms with Gasteiger partial charge < -0.3 is 10.2 Å². The number of nitrogens with one attached hydrogen (secondary N) is 1. The van der Waals surface area contributed by atoms with E-state index in [-0.39, 0.29) is 0 Å². The summed E-state index contributed by atoms with van der Waals surface area (Å²) in [6, 6.07) is 0.652. The Morgan fingerprint density at radius 3 is 2.32 bits per heavy atom. The SMILES string of the molecule is CCC(CC1CCCC1)C(=O)N1CCC(NCC2CC2)CC1. The lowest BCUT2D eigenvalue weighted by atomic mass is 9.89. The van der Waals surface area contributed by atoms with Crippen molar-refractivity contribution in [2.45, 2.75) is 77.2 Å². The molecule has 126 valence electrons. The van der Waals surface area contributed by atoms with E-state index in [2.05, 4.69) is 17.1 Å². The quantitative estimate of drug-likeness (QED) is 0.779. The van der Waals surface area contributed by atoms with Crippen molar-refractivity contribution in [3.63, 3.8) is 0 Å². The number of hydrogen-bond donors (Lipinski definition) is 1. The van der Waals surface area contributed by atoms with E-state index < -0.39 is 0 Å². The first kappa shape index (κ1) is 16.3. The van der Waals surface area contributed by atoms with Gasteiger partial charge in [-0.15, -0.1) is 0 Å². The maximum Gasteiger partial charge on any atom is 0.225 e. The minimum absolute atomic E-state index is 0.291. The Morgan fingerprint density at radius 1 is 1.05 bits per heavy atom. The minimum Gasteiger partial charge on any atom is -0.342 e. The van der Waals surface area contributed by atoms with Gasteiger partial charge in [-0.25, -0.2) is 0 Å². The molecule has 3 heteroatoms. The summed E-state index contributed by atoms with van der Waals surface area (Å²) in [7, 11) is 0. The molecular weight excluding hydrogens is 272 g/mol. The lowest BCUT2D eigenvalue weighted by Gasteiger charge is -2.35. The normalized spacial score (nSPS) is 25.6. The highest BCUT2D eigenvalue weighted by atomic mass is 16.2. The zero-order valence-electron chi connectivity index (χ0n) is 14.4. The molecule has 2 aliphatic carbocycles. The van der Waals surface area contributed by atoms with Crippen LogP contribution in [0.15, 0.2) is 0 Å². The number of likely N-dealkylation sites (tertiary alicyclic amines) is 1. The van der Waals surface area contributed by atoms with Crippen LogP contribution in [0, 0.1) is 17.8 Å². The van der Waals surface area contributed by atoms with Gasteiger partial charge in [0.25, 0.3) is 0 Å². The molecule has 1 unspecified atom stereocenters. The number of nitrogens with zero attached hydrogens (tertiary/aromatic N) is 1. The first-order chi connectivity index (χ1) is 10.8. The third-order valence-corrected chi connectivity index (χ3v) is 6.13. The van der Waals surface area contributed by atoms with Gasteiger partial charge in [0.1, 0.15) is 0 Å². The molecule has 0 aromatic rings. The molecule has 1 heterocycles. The van der Waals surface area contributed by atoms with Crippen LogP contribution in [0.2, 0.25) is 0 Å². The Hall–Kier alpha value is -0.570. The summed E-state index contributed by atoms with van der Waals surface area (Å²) in [6.07, 6.45) is 12.8. The third kappa shape index (κ3) is 4.47. The van der Waals surface area contributed by atoms with Crippen LogP contribution in [-0.2, 0) is 4.79 Å². The molecule has 2 saturated carbocycles. The molecule has 0 aromatic carbocycles. The monoisotopic (exact) mass is 306 g/mol. The lowest BCUT2D eigenvalue weighted by molar-refractivity contribution is -0.137. The molecule has 1 aliphatic heterocycles. The predicted octanol–water partition coefficient (Wildman–Crippen LogP) is 3.58. The molecular formula is C19H34N2O. The molecule has 3 aliphatic rings. The van der Waals surface area contributed by atoms with Crippen LogP contribution in [0.4, 0.5) is 0 Å². The first-order valence-electron chi connectivity index (χ1n) is 9.78. The van der Waals surface area contributed by atoms with E-state index in [1.165, 1.54) is 45.1 Å². The fourth-order valence-electron chi connectivity index (χ4n) is 4.31. The van der Waals surface area contributed by atoms with Crippen molar-refractivity contribution >= 4 is 5.91 Å². The molecule has 1 N–H and O–H groups in total. The molecule has 3 fully saturated rings. The van der Waals surface area contributed by atoms with E-state index in [1.54, 1.807) is 0 Å². The molecule has 0 radical (unpaired) electrons. The van der Waals surface area contributed by atoms with Crippen molar-refractivity contribution in [3.8, 4) is 0 Å². The maximum atomic E-state index is 12.8. The van der Waals surface area contributed by atoms with Crippen molar-refractivity contribution in [2.75, 3.05) is 19.6 Å². The van der Waals surface area contributed by atoms with Crippen LogP contribution in [0.1, 0.15) is 71.1 Å². The molecule has 3 nitrogen and oxygen atoms in total. The maximum absolute atomic E-state index is 12.8. The van der Waals surface area contributed by atoms with Gasteiger partial charge in [0.2, 0.25) is 5.91 Å². The molecule has 1 atom stereocenters. The highest BCUT2D eigenvalue weighted by molar-refractivity contribution is 5.78. The summed E-state index contributed by atoms with van der Waals surface area (Å²) in [5.74, 6) is 2.52. The molecule has 1 amide bonds. The minimum atomic E-state index is 0.291. The van der Waals surface area contributed by atoms with Crippen molar-refractivity contribution in [1.29, 1.82) is 0 Å². The fraction of sp³-hybridized carbons (Fsp3) is 0.947. The van der Waals surface area contributed by atoms with Gasteiger partial charge >= 0.3 is 0 Å². The van der Waals surface area contributed by atoms with Crippen molar-refractivity contribution < 1.29 is 4.79 Å². The largest absolute Gasteiger partial charge is 0.342 e. The molecule has 0 spiro atoms. The summed E-state index contributed by atoms with van der Waals surface area (Å²) in [4.78, 5) is 15.0. The summed E-state index contributed by atoms with van der Waals surface area (Å²) in [5, 5.41) is 3.71. The van der Waals surface area contributed by atoms with Gasteiger partial charge in [0.05, 0.1) is 0 Å². The van der Waals surface area contributed by atoms with Gasteiger partial charge in [-0.1, -0.05) is 32.6 Å². The second-order valence-electron chi connectivity index (χ2n) is 7.94. The zero-order chi connectivity index (χ0) is 15.4. The summed E-state index contributed by atoms with van der Waals surface area (Å²) in [6.45, 7) is 5.35. The van der Waals surface area contributed by atoms with Crippen LogP contribution in [0.25, 0.3) is 0 Å². The second-order valence-corrected chi connectivity index (χ2v) is 7.94. The van der Waals surface area contributed by atoms with Crippen LogP contribution in [-0.4, -0.2) is 36.5 Å². The standard InChI is InChI=1S/C19H34N2O/c1-2-17(13-15-5-3-4-6-15)19(22)21-11-9-18(10-12-21)20-14-16-7-8-16/h15-18,20H,2-14H2,1H3. The Morgan fingerprint density at radius 2 is 1.73 bits per heavy atom. The van der Waals surface area contributed by atoms with Gasteiger partial charge in [0, 0.05) is 25.0 Å². The Bertz CT molecular complexity index is 352. The number of piperidine rings is 1. The molecule has 3 rings (SSSR count). The average molecular weight is 306 g/mol. The van der Waals surface area contributed by atoms with Gasteiger partial charge in [-0.05, 0) is 56.9 Å². The number of carbonyl (C=O) groups excluding carboxylic acids is 1. The van der Waals surface area contributed by atoms with Crippen molar-refractivity contribution in [3.05, 3.63) is 0 Å². The van der Waals surface area contributed by atoms with Crippen molar-refractivity contribution in [1.82, 2.24) is 10.2 Å². The van der Waals surface area contributed by atoms with E-state index in [0.29, 0.717) is 17.9 Å². The highest BCUT2D eigenvalue weighted by Gasteiger charge is 2.30. The van der Waals surface area contributed by atoms with Crippen molar-refractivity contribution in [2.24, 2.45) is 17.8 Å². The van der Waals surface area contributed by atoms with E-state index in [0.717, 1.165) is 50.6 Å². The Balaban J connectivity index is 1.40. The molecule has 0 bridgehead atoms. The number of amides is 1. The van der Waals surface area contributed by atoms with E-state index in [1.807, 2.05) is 0 Å². The van der Waals surface area contributed by atoms with E-state index in [4.69, 9.17) is 0 Å². The fourth-order valence-corrected chi connectivity index (χ4v) is 4.31. The number of carbonyl (C=O) groups is 1. The summed E-state index contributed by atoms with van der Waals surface area (Å²) in [5.41, 5.74) is 0. The molecule has 22 heavy (non-hydrogen) atoms. The van der Waals surface area contributed by atoms with Gasteiger partial charge in [-0.2, -0.15) is 0 Å². The summed E-state index contributed by atoms with van der Waals surface area (Å²) >= 11 is 0. The van der Waals surface area contributed by atoms with Crippen LogP contribution in [0.5, 0.6) is 0 Å². The smallest absolute Gasteiger partial charge is 0.225 e. The lowest BCUT2D eigenvalue weighted by Crippen LogP contribution is -2.47. The molecule has 1 saturated heterocycles. The topological polar surface area (TPSA) is 32.3 Å². The molecule has 0 aromatic heterocycles. The van der Waals surface area contributed by atoms with E-state index >= 15 is 0 Å². The van der Waals surface area contributed by atoms with Crippen LogP contribution < -0.4 is 5.32 Å². The summed E-state index contributed by atoms with van der Waals surface area (Å²) < 4.78 is 0. The number of rotatable bonds is 7. The third-order valence-electron chi connectivity index (χ3n) is 6.13. The predicted molar refractivity (Wildman–Crippen MR) is 90.7 cm³/mol. The first-order valence-corrected chi connectivity index (χ1v) is 9.78. The highest BCUT2D eigenvalue weighted by Crippen LogP contribution is 2.32. The zero-order valence-corrected chi connectivity index (χ0v) is 14.4. The van der Waals surface area contributed by atoms with Gasteiger partial charge in [-0.3, -0.25) is 4.79 Å². The van der Waals surface area contributed by atoms with Gasteiger partial charge in [0.15, 0.2) is 0 Å². The number of hydrogen-bond acceptors (Lipinski definition) is 2.